The smallest absolute Gasteiger partial charge is 0.193 e. The summed E-state index contributed by atoms with van der Waals surface area (Å²) in [4.78, 5) is 9.07. The van der Waals surface area contributed by atoms with Gasteiger partial charge in [0.2, 0.25) is 0 Å². The maximum Gasteiger partial charge on any atom is 0.193 e. The Bertz CT molecular complexity index is 515. The molecule has 4 heteroatoms. The number of guanidine groups is 1. The predicted molar refractivity (Wildman–Crippen MR) is 103 cm³/mol. The van der Waals surface area contributed by atoms with Gasteiger partial charge in [-0.1, -0.05) is 30.3 Å². The van der Waals surface area contributed by atoms with Crippen LogP contribution in [0.15, 0.2) is 41.9 Å². The number of benzene rings is 1. The van der Waals surface area contributed by atoms with Gasteiger partial charge >= 0.3 is 0 Å². The summed E-state index contributed by atoms with van der Waals surface area (Å²) in [6.45, 7) is 9.15. The molecule has 1 aliphatic heterocycles. The monoisotopic (exact) mass is 328 g/mol. The number of hydrogen-bond donors (Lipinski definition) is 1. The van der Waals surface area contributed by atoms with E-state index in [1.165, 1.54) is 37.1 Å². The first-order valence-corrected chi connectivity index (χ1v) is 9.06. The standard InChI is InChI=1S/C20H32N4/c1-4-5-6-13-23(3)20(21-2)22-16-18-9-11-19(12-10-18)17-24-14-7-8-15-24/h4,9-12H,1,5-8,13-17H2,2-3H3,(H,21,22). The van der Waals surface area contributed by atoms with Gasteiger partial charge in [-0.25, -0.2) is 0 Å². The van der Waals surface area contributed by atoms with E-state index in [-0.39, 0.29) is 0 Å². The van der Waals surface area contributed by atoms with Gasteiger partial charge in [-0.15, -0.1) is 6.58 Å². The van der Waals surface area contributed by atoms with Crippen molar-refractivity contribution < 1.29 is 0 Å². The molecule has 0 bridgehead atoms. The van der Waals surface area contributed by atoms with E-state index in [1.54, 1.807) is 0 Å². The summed E-state index contributed by atoms with van der Waals surface area (Å²) < 4.78 is 0. The molecule has 2 rings (SSSR count). The molecule has 0 radical (unpaired) electrons. The van der Waals surface area contributed by atoms with Crippen LogP contribution >= 0.6 is 0 Å². The molecule has 0 spiro atoms. The molecule has 0 aliphatic carbocycles. The quantitative estimate of drug-likeness (QED) is 0.344. The van der Waals surface area contributed by atoms with Crippen LogP contribution in [0.1, 0.15) is 36.8 Å². The van der Waals surface area contributed by atoms with Crippen molar-refractivity contribution in [1.29, 1.82) is 0 Å². The van der Waals surface area contributed by atoms with Crippen LogP contribution in [0, 0.1) is 0 Å². The maximum atomic E-state index is 4.37. The molecule has 1 saturated heterocycles. The van der Waals surface area contributed by atoms with Crippen LogP contribution in [0.25, 0.3) is 0 Å². The number of rotatable bonds is 8. The van der Waals surface area contributed by atoms with Crippen molar-refractivity contribution in [3.63, 3.8) is 0 Å². The van der Waals surface area contributed by atoms with E-state index in [4.69, 9.17) is 0 Å². The number of nitrogens with one attached hydrogen (secondary N) is 1. The van der Waals surface area contributed by atoms with E-state index in [2.05, 4.69) is 58.0 Å². The third-order valence-electron chi connectivity index (χ3n) is 4.55. The Balaban J connectivity index is 1.78. The van der Waals surface area contributed by atoms with Crippen LogP contribution in [-0.4, -0.2) is 49.5 Å². The van der Waals surface area contributed by atoms with E-state index >= 15 is 0 Å². The molecular formula is C20H32N4. The summed E-state index contributed by atoms with van der Waals surface area (Å²) in [7, 11) is 3.92. The van der Waals surface area contributed by atoms with Gasteiger partial charge in [0.25, 0.3) is 0 Å². The Labute approximate surface area is 147 Å². The number of unbranched alkanes of at least 4 members (excludes halogenated alkanes) is 1. The molecule has 0 amide bonds. The summed E-state index contributed by atoms with van der Waals surface area (Å²) >= 11 is 0. The van der Waals surface area contributed by atoms with Gasteiger partial charge in [0.15, 0.2) is 5.96 Å². The fourth-order valence-electron chi connectivity index (χ4n) is 3.11. The van der Waals surface area contributed by atoms with Gasteiger partial charge in [-0.05, 0) is 49.9 Å². The number of aliphatic imine (C=N–C) groups is 1. The second kappa shape index (κ2) is 10.1. The van der Waals surface area contributed by atoms with Crippen LogP contribution in [0.5, 0.6) is 0 Å². The van der Waals surface area contributed by atoms with Crippen LogP contribution in [0.3, 0.4) is 0 Å². The third-order valence-corrected chi connectivity index (χ3v) is 4.55. The van der Waals surface area contributed by atoms with Crippen molar-refractivity contribution in [3.05, 3.63) is 48.0 Å². The van der Waals surface area contributed by atoms with Crippen LogP contribution in [0.4, 0.5) is 0 Å². The molecule has 1 aromatic rings. The molecule has 4 nitrogen and oxygen atoms in total. The molecule has 1 fully saturated rings. The minimum atomic E-state index is 0.808. The third kappa shape index (κ3) is 6.00. The van der Waals surface area contributed by atoms with Crippen molar-refractivity contribution in [3.8, 4) is 0 Å². The lowest BCUT2D eigenvalue weighted by atomic mass is 10.1. The summed E-state index contributed by atoms with van der Waals surface area (Å²) in [5.74, 6) is 0.945. The Morgan fingerprint density at radius 1 is 1.25 bits per heavy atom. The average Bonchev–Trinajstić information content (AvgIpc) is 3.10. The highest BCUT2D eigenvalue weighted by molar-refractivity contribution is 5.79. The minimum absolute atomic E-state index is 0.808. The van der Waals surface area contributed by atoms with Gasteiger partial charge < -0.3 is 10.2 Å². The molecule has 0 aromatic heterocycles. The largest absolute Gasteiger partial charge is 0.352 e. The molecular weight excluding hydrogens is 296 g/mol. The first-order valence-electron chi connectivity index (χ1n) is 9.06. The first-order chi connectivity index (χ1) is 11.7. The van der Waals surface area contributed by atoms with Gasteiger partial charge in [-0.2, -0.15) is 0 Å². The topological polar surface area (TPSA) is 30.9 Å². The van der Waals surface area contributed by atoms with Gasteiger partial charge in [0.05, 0.1) is 0 Å². The Kier molecular flexibility index (Phi) is 7.83. The molecule has 0 saturated carbocycles. The highest BCUT2D eigenvalue weighted by Crippen LogP contribution is 2.13. The van der Waals surface area contributed by atoms with Crippen LogP contribution in [0.2, 0.25) is 0 Å². The van der Waals surface area contributed by atoms with E-state index in [0.717, 1.165) is 38.4 Å². The van der Waals surface area contributed by atoms with E-state index in [9.17, 15) is 0 Å². The Morgan fingerprint density at radius 3 is 2.54 bits per heavy atom. The second-order valence-electron chi connectivity index (χ2n) is 6.55. The lowest BCUT2D eigenvalue weighted by Crippen LogP contribution is -2.38. The second-order valence-corrected chi connectivity index (χ2v) is 6.55. The predicted octanol–water partition coefficient (Wildman–Crippen LogP) is 3.26. The average molecular weight is 329 g/mol. The number of allylic oxidation sites excluding steroid dienone is 1. The summed E-state index contributed by atoms with van der Waals surface area (Å²) in [6, 6.07) is 8.96. The highest BCUT2D eigenvalue weighted by atomic mass is 15.3. The molecule has 24 heavy (non-hydrogen) atoms. The molecule has 0 unspecified atom stereocenters. The highest BCUT2D eigenvalue weighted by Gasteiger charge is 2.11. The lowest BCUT2D eigenvalue weighted by Gasteiger charge is -2.22. The van der Waals surface area contributed by atoms with Crippen molar-refractivity contribution in [1.82, 2.24) is 15.1 Å². The zero-order chi connectivity index (χ0) is 17.2. The van der Waals surface area contributed by atoms with Gasteiger partial charge in [0.1, 0.15) is 0 Å². The lowest BCUT2D eigenvalue weighted by molar-refractivity contribution is 0.331. The first kappa shape index (κ1) is 18.5. The molecule has 1 heterocycles. The molecule has 0 atom stereocenters. The van der Waals surface area contributed by atoms with E-state index < -0.39 is 0 Å². The van der Waals surface area contributed by atoms with Crippen molar-refractivity contribution in [2.24, 2.45) is 4.99 Å². The fraction of sp³-hybridized carbons (Fsp3) is 0.550. The van der Waals surface area contributed by atoms with E-state index in [0.29, 0.717) is 0 Å². The van der Waals surface area contributed by atoms with Crippen molar-refractivity contribution >= 4 is 5.96 Å². The summed E-state index contributed by atoms with van der Waals surface area (Å²) in [6.07, 6.45) is 6.81. The SMILES string of the molecule is C=CCCCN(C)C(=NC)NCc1ccc(CN2CCCC2)cc1. The van der Waals surface area contributed by atoms with Crippen LogP contribution in [-0.2, 0) is 13.1 Å². The van der Waals surface area contributed by atoms with Crippen molar-refractivity contribution in [2.45, 2.75) is 38.8 Å². The van der Waals surface area contributed by atoms with Gasteiger partial charge in [0, 0.05) is 33.7 Å². The fourth-order valence-corrected chi connectivity index (χ4v) is 3.11. The number of nitrogens with zero attached hydrogens (tertiary/aromatic N) is 3. The zero-order valence-corrected chi connectivity index (χ0v) is 15.3. The number of hydrogen-bond acceptors (Lipinski definition) is 2. The number of likely N-dealkylation sites (tertiary alicyclic amines) is 1. The van der Waals surface area contributed by atoms with Gasteiger partial charge in [-0.3, -0.25) is 9.89 Å². The molecule has 1 aliphatic rings. The normalized spacial score (nSPS) is 15.5. The molecule has 1 aromatic carbocycles. The van der Waals surface area contributed by atoms with Crippen LogP contribution < -0.4 is 5.32 Å². The molecule has 1 N–H and O–H groups in total. The Hall–Kier alpha value is -1.81. The summed E-state index contributed by atoms with van der Waals surface area (Å²) in [5, 5.41) is 3.44. The maximum absolute atomic E-state index is 4.37. The zero-order valence-electron chi connectivity index (χ0n) is 15.3. The van der Waals surface area contributed by atoms with Crippen molar-refractivity contribution in [2.75, 3.05) is 33.7 Å². The Morgan fingerprint density at radius 2 is 1.92 bits per heavy atom. The minimum Gasteiger partial charge on any atom is -0.352 e. The van der Waals surface area contributed by atoms with E-state index in [1.807, 2.05) is 13.1 Å². The molecule has 132 valence electrons. The summed E-state index contributed by atoms with van der Waals surface area (Å²) in [5.41, 5.74) is 2.70.